The third-order valence-electron chi connectivity index (χ3n) is 2.47. The van der Waals surface area contributed by atoms with Crippen molar-refractivity contribution in [1.82, 2.24) is 4.98 Å². The van der Waals surface area contributed by atoms with Gasteiger partial charge in [0.1, 0.15) is 5.75 Å². The fraction of sp³-hybridized carbons (Fsp3) is 0.286. The predicted octanol–water partition coefficient (Wildman–Crippen LogP) is 3.03. The number of benzene rings is 1. The van der Waals surface area contributed by atoms with Crippen LogP contribution in [0, 0.1) is 6.92 Å². The Morgan fingerprint density at radius 2 is 2.21 bits per heavy atom. The molecule has 0 aliphatic heterocycles. The van der Waals surface area contributed by atoms with E-state index in [1.54, 1.807) is 11.3 Å². The smallest absolute Gasteiger partial charge is 0.230 e. The van der Waals surface area contributed by atoms with Crippen LogP contribution in [-0.2, 0) is 11.2 Å². The highest BCUT2D eigenvalue weighted by molar-refractivity contribution is 7.09. The normalized spacial score (nSPS) is 10.2. The molecule has 4 nitrogen and oxygen atoms in total. The summed E-state index contributed by atoms with van der Waals surface area (Å²) in [6.45, 7) is 4.41. The molecule has 2 rings (SSSR count). The van der Waals surface area contributed by atoms with Gasteiger partial charge in [-0.25, -0.2) is 4.98 Å². The summed E-state index contributed by atoms with van der Waals surface area (Å²) in [7, 11) is 0. The van der Waals surface area contributed by atoms with Crippen LogP contribution in [0.4, 0.5) is 5.69 Å². The number of hydrogen-bond donors (Lipinski definition) is 1. The number of aromatic nitrogens is 1. The summed E-state index contributed by atoms with van der Waals surface area (Å²) in [5.41, 5.74) is 1.50. The molecule has 1 aromatic carbocycles. The summed E-state index contributed by atoms with van der Waals surface area (Å²) in [6, 6.07) is 7.41. The minimum Gasteiger partial charge on any atom is -0.492 e. The van der Waals surface area contributed by atoms with Crippen molar-refractivity contribution in [2.75, 3.05) is 11.9 Å². The van der Waals surface area contributed by atoms with Gasteiger partial charge in [0.25, 0.3) is 0 Å². The van der Waals surface area contributed by atoms with E-state index in [1.807, 2.05) is 43.5 Å². The molecule has 0 radical (unpaired) electrons. The molecule has 1 amide bonds. The lowest BCUT2D eigenvalue weighted by atomic mass is 10.2. The van der Waals surface area contributed by atoms with Crippen molar-refractivity contribution in [3.8, 4) is 5.75 Å². The van der Waals surface area contributed by atoms with E-state index in [2.05, 4.69) is 10.3 Å². The van der Waals surface area contributed by atoms with Crippen molar-refractivity contribution in [2.24, 2.45) is 0 Å². The number of hydrogen-bond acceptors (Lipinski definition) is 4. The summed E-state index contributed by atoms with van der Waals surface area (Å²) in [5.74, 6) is 0.602. The van der Waals surface area contributed by atoms with E-state index in [-0.39, 0.29) is 12.3 Å². The van der Waals surface area contributed by atoms with Crippen LogP contribution in [0.1, 0.15) is 17.6 Å². The van der Waals surface area contributed by atoms with E-state index >= 15 is 0 Å². The number of anilines is 1. The quantitative estimate of drug-likeness (QED) is 0.913. The zero-order chi connectivity index (χ0) is 13.7. The van der Waals surface area contributed by atoms with Crippen LogP contribution in [-0.4, -0.2) is 17.5 Å². The van der Waals surface area contributed by atoms with Crippen LogP contribution in [0.25, 0.3) is 0 Å². The van der Waals surface area contributed by atoms with Crippen LogP contribution in [0.2, 0.25) is 0 Å². The zero-order valence-electron chi connectivity index (χ0n) is 11.0. The van der Waals surface area contributed by atoms with Gasteiger partial charge >= 0.3 is 0 Å². The fourth-order valence-electron chi connectivity index (χ4n) is 1.70. The maximum absolute atomic E-state index is 11.9. The van der Waals surface area contributed by atoms with Crippen molar-refractivity contribution in [1.29, 1.82) is 0 Å². The van der Waals surface area contributed by atoms with Gasteiger partial charge in [-0.15, -0.1) is 11.3 Å². The Morgan fingerprint density at radius 3 is 2.89 bits per heavy atom. The van der Waals surface area contributed by atoms with E-state index in [4.69, 9.17) is 4.74 Å². The van der Waals surface area contributed by atoms with E-state index in [0.717, 1.165) is 10.7 Å². The third kappa shape index (κ3) is 3.79. The van der Waals surface area contributed by atoms with Gasteiger partial charge in [0.2, 0.25) is 5.91 Å². The first-order valence-electron chi connectivity index (χ1n) is 6.11. The number of carbonyl (C=O) groups excluding carboxylic acids is 1. The molecule has 0 spiro atoms. The summed E-state index contributed by atoms with van der Waals surface area (Å²) >= 11 is 1.55. The Balaban J connectivity index is 2.02. The molecule has 0 aliphatic carbocycles. The maximum Gasteiger partial charge on any atom is 0.230 e. The lowest BCUT2D eigenvalue weighted by molar-refractivity contribution is -0.115. The molecule has 0 saturated carbocycles. The second kappa shape index (κ2) is 6.33. The van der Waals surface area contributed by atoms with E-state index in [0.29, 0.717) is 18.0 Å². The molecule has 0 bridgehead atoms. The van der Waals surface area contributed by atoms with Gasteiger partial charge in [-0.3, -0.25) is 4.79 Å². The zero-order valence-corrected chi connectivity index (χ0v) is 11.8. The lowest BCUT2D eigenvalue weighted by Crippen LogP contribution is -2.15. The first kappa shape index (κ1) is 13.5. The van der Waals surface area contributed by atoms with Crippen LogP contribution in [0.3, 0.4) is 0 Å². The van der Waals surface area contributed by atoms with Crippen LogP contribution >= 0.6 is 11.3 Å². The summed E-state index contributed by atoms with van der Waals surface area (Å²) in [4.78, 5) is 16.2. The third-order valence-corrected chi connectivity index (χ3v) is 3.29. The van der Waals surface area contributed by atoms with Gasteiger partial charge in [0.15, 0.2) is 0 Å². The topological polar surface area (TPSA) is 51.2 Å². The number of ether oxygens (including phenoxy) is 1. The van der Waals surface area contributed by atoms with Crippen molar-refractivity contribution in [3.05, 3.63) is 40.3 Å². The molecule has 2 aromatic rings. The molecular formula is C14H16N2O2S. The molecule has 0 unspecified atom stereocenters. The SMILES string of the molecule is CCOc1ccccc1NC(=O)Cc1csc(C)n1. The number of nitrogens with zero attached hydrogens (tertiary/aromatic N) is 1. The Labute approximate surface area is 116 Å². The highest BCUT2D eigenvalue weighted by Gasteiger charge is 2.09. The molecule has 1 heterocycles. The number of para-hydroxylation sites is 2. The number of carbonyl (C=O) groups is 1. The van der Waals surface area contributed by atoms with Gasteiger partial charge in [0.05, 0.1) is 29.4 Å². The van der Waals surface area contributed by atoms with E-state index in [9.17, 15) is 4.79 Å². The molecule has 1 aromatic heterocycles. The van der Waals surface area contributed by atoms with Gasteiger partial charge in [0, 0.05) is 5.38 Å². The van der Waals surface area contributed by atoms with Gasteiger partial charge in [-0.2, -0.15) is 0 Å². The summed E-state index contributed by atoms with van der Waals surface area (Å²) in [5, 5.41) is 5.73. The molecular weight excluding hydrogens is 260 g/mol. The Morgan fingerprint density at radius 1 is 1.42 bits per heavy atom. The summed E-state index contributed by atoms with van der Waals surface area (Å²) < 4.78 is 5.46. The average Bonchev–Trinajstić information content (AvgIpc) is 2.77. The standard InChI is InChI=1S/C14H16N2O2S/c1-3-18-13-7-5-4-6-12(13)16-14(17)8-11-9-19-10(2)15-11/h4-7,9H,3,8H2,1-2H3,(H,16,17). The predicted molar refractivity (Wildman–Crippen MR) is 76.8 cm³/mol. The van der Waals surface area contributed by atoms with Gasteiger partial charge in [-0.05, 0) is 26.0 Å². The molecule has 0 saturated heterocycles. The minimum atomic E-state index is -0.0857. The second-order valence-corrected chi connectivity index (χ2v) is 5.07. The highest BCUT2D eigenvalue weighted by Crippen LogP contribution is 2.23. The van der Waals surface area contributed by atoms with Gasteiger partial charge in [-0.1, -0.05) is 12.1 Å². The van der Waals surface area contributed by atoms with Crippen LogP contribution < -0.4 is 10.1 Å². The number of rotatable bonds is 5. The molecule has 19 heavy (non-hydrogen) atoms. The molecule has 0 atom stereocenters. The number of nitrogens with one attached hydrogen (secondary N) is 1. The Kier molecular flexibility index (Phi) is 4.52. The largest absolute Gasteiger partial charge is 0.492 e. The van der Waals surface area contributed by atoms with Crippen molar-refractivity contribution in [2.45, 2.75) is 20.3 Å². The Hall–Kier alpha value is -1.88. The monoisotopic (exact) mass is 276 g/mol. The fourth-order valence-corrected chi connectivity index (χ4v) is 2.31. The van der Waals surface area contributed by atoms with Crippen molar-refractivity contribution < 1.29 is 9.53 Å². The molecule has 0 aliphatic rings. The van der Waals surface area contributed by atoms with E-state index in [1.165, 1.54) is 0 Å². The number of amides is 1. The highest BCUT2D eigenvalue weighted by atomic mass is 32.1. The molecule has 100 valence electrons. The van der Waals surface area contributed by atoms with Crippen molar-refractivity contribution >= 4 is 22.9 Å². The number of thiazole rings is 1. The number of aryl methyl sites for hydroxylation is 1. The lowest BCUT2D eigenvalue weighted by Gasteiger charge is -2.10. The molecule has 5 heteroatoms. The Bertz CT molecular complexity index is 566. The first-order chi connectivity index (χ1) is 9.19. The minimum absolute atomic E-state index is 0.0857. The van der Waals surface area contributed by atoms with Crippen LogP contribution in [0.5, 0.6) is 5.75 Å². The van der Waals surface area contributed by atoms with Crippen LogP contribution in [0.15, 0.2) is 29.6 Å². The average molecular weight is 276 g/mol. The maximum atomic E-state index is 11.9. The molecule has 1 N–H and O–H groups in total. The molecule has 0 fully saturated rings. The second-order valence-electron chi connectivity index (χ2n) is 4.01. The first-order valence-corrected chi connectivity index (χ1v) is 6.99. The van der Waals surface area contributed by atoms with Gasteiger partial charge < -0.3 is 10.1 Å². The van der Waals surface area contributed by atoms with E-state index < -0.39 is 0 Å². The van der Waals surface area contributed by atoms with Crippen molar-refractivity contribution in [3.63, 3.8) is 0 Å². The summed E-state index contributed by atoms with van der Waals surface area (Å²) in [6.07, 6.45) is 0.283.